The van der Waals surface area contributed by atoms with Crippen molar-refractivity contribution in [2.24, 2.45) is 5.92 Å². The van der Waals surface area contributed by atoms with Crippen LogP contribution >= 0.6 is 0 Å². The van der Waals surface area contributed by atoms with Crippen LogP contribution < -0.4 is 14.8 Å². The molecule has 2 aromatic rings. The lowest BCUT2D eigenvalue weighted by Gasteiger charge is -2.37. The van der Waals surface area contributed by atoms with Gasteiger partial charge >= 0.3 is 0 Å². The van der Waals surface area contributed by atoms with Gasteiger partial charge in [-0.3, -0.25) is 9.59 Å². The van der Waals surface area contributed by atoms with Gasteiger partial charge in [0.2, 0.25) is 15.9 Å². The number of piperidine rings is 1. The number of sulfonamides is 1. The first-order valence-corrected chi connectivity index (χ1v) is 13.6. The fourth-order valence-corrected chi connectivity index (χ4v) is 5.90. The Hall–Kier alpha value is -3.11. The molecule has 2 aromatic carbocycles. The van der Waals surface area contributed by atoms with E-state index in [-0.39, 0.29) is 35.7 Å². The number of carbonyl (C=O) groups is 2. The molecule has 1 aliphatic heterocycles. The lowest BCUT2D eigenvalue weighted by atomic mass is 9.89. The number of hydrogen-bond donors (Lipinski definition) is 1. The lowest BCUT2D eigenvalue weighted by molar-refractivity contribution is -0.134. The minimum absolute atomic E-state index is 0.154. The maximum absolute atomic E-state index is 13.4. The third-order valence-electron chi connectivity index (χ3n) is 6.65. The summed E-state index contributed by atoms with van der Waals surface area (Å²) in [6, 6.07) is 12.2. The second-order valence-electron chi connectivity index (χ2n) is 8.61. The Morgan fingerprint density at radius 2 is 1.44 bits per heavy atom. The van der Waals surface area contributed by atoms with Crippen LogP contribution in [-0.2, 0) is 14.8 Å². The van der Waals surface area contributed by atoms with Gasteiger partial charge in [0.25, 0.3) is 5.91 Å². The molecule has 0 bridgehead atoms. The van der Waals surface area contributed by atoms with E-state index in [0.717, 1.165) is 0 Å². The van der Waals surface area contributed by atoms with Gasteiger partial charge in [-0.1, -0.05) is 0 Å². The van der Waals surface area contributed by atoms with Crippen LogP contribution in [0.5, 0.6) is 11.5 Å². The Balaban J connectivity index is 1.75. The first-order valence-electron chi connectivity index (χ1n) is 12.1. The van der Waals surface area contributed by atoms with E-state index >= 15 is 0 Å². The van der Waals surface area contributed by atoms with Gasteiger partial charge in [0.15, 0.2) is 0 Å². The number of rotatable bonds is 10. The number of hydrogen-bond acceptors (Lipinski definition) is 6. The van der Waals surface area contributed by atoms with E-state index < -0.39 is 16.1 Å². The molecule has 1 heterocycles. The van der Waals surface area contributed by atoms with E-state index in [2.05, 4.69) is 5.32 Å². The molecule has 1 unspecified atom stereocenters. The monoisotopic (exact) mass is 517 g/mol. The summed E-state index contributed by atoms with van der Waals surface area (Å²) in [4.78, 5) is 28.3. The van der Waals surface area contributed by atoms with Crippen molar-refractivity contribution in [3.05, 3.63) is 54.1 Å². The fourth-order valence-electron chi connectivity index (χ4n) is 4.43. The minimum Gasteiger partial charge on any atom is -0.497 e. The second-order valence-corrected chi connectivity index (χ2v) is 10.5. The van der Waals surface area contributed by atoms with Gasteiger partial charge in [0.05, 0.1) is 19.1 Å². The molecule has 0 radical (unpaired) electrons. The van der Waals surface area contributed by atoms with Crippen molar-refractivity contribution in [2.75, 3.05) is 40.4 Å². The minimum atomic E-state index is -3.67. The molecule has 196 valence electrons. The Kier molecular flexibility index (Phi) is 9.33. The number of carbonyl (C=O) groups excluding carboxylic acids is 2. The maximum Gasteiger partial charge on any atom is 0.251 e. The third kappa shape index (κ3) is 6.17. The highest BCUT2D eigenvalue weighted by molar-refractivity contribution is 7.89. The molecule has 9 nitrogen and oxygen atoms in total. The van der Waals surface area contributed by atoms with Crippen LogP contribution in [0.3, 0.4) is 0 Å². The summed E-state index contributed by atoms with van der Waals surface area (Å²) < 4.78 is 38.0. The lowest BCUT2D eigenvalue weighted by Crippen LogP contribution is -2.54. The van der Waals surface area contributed by atoms with Crippen molar-refractivity contribution in [3.8, 4) is 11.5 Å². The molecule has 2 amide bonds. The van der Waals surface area contributed by atoms with Gasteiger partial charge in [0, 0.05) is 31.7 Å². The number of nitrogens with one attached hydrogen (secondary N) is 1. The fraction of sp³-hybridized carbons (Fsp3) is 0.462. The molecule has 0 aromatic heterocycles. The molecule has 1 saturated heterocycles. The molecule has 10 heteroatoms. The molecule has 1 fully saturated rings. The van der Waals surface area contributed by atoms with Crippen LogP contribution in [-0.4, -0.2) is 75.9 Å². The molecular formula is C26H35N3O6S. The molecule has 3 rings (SSSR count). The highest BCUT2D eigenvalue weighted by atomic mass is 32.2. The van der Waals surface area contributed by atoms with Crippen LogP contribution in [0.1, 0.15) is 37.0 Å². The summed E-state index contributed by atoms with van der Waals surface area (Å²) >= 11 is 0. The number of likely N-dealkylation sites (N-methyl/N-ethyl adjacent to an activating group) is 1. The van der Waals surface area contributed by atoms with Gasteiger partial charge in [0.1, 0.15) is 17.5 Å². The highest BCUT2D eigenvalue weighted by Crippen LogP contribution is 2.28. The Morgan fingerprint density at radius 1 is 0.944 bits per heavy atom. The quantitative estimate of drug-likeness (QED) is 0.520. The van der Waals surface area contributed by atoms with Crippen molar-refractivity contribution < 1.29 is 27.5 Å². The number of benzene rings is 2. The van der Waals surface area contributed by atoms with Crippen LogP contribution in [0.2, 0.25) is 0 Å². The van der Waals surface area contributed by atoms with E-state index in [1.54, 1.807) is 48.4 Å². The van der Waals surface area contributed by atoms with Gasteiger partial charge in [-0.05, 0) is 81.1 Å². The average Bonchev–Trinajstić information content (AvgIpc) is 2.92. The largest absolute Gasteiger partial charge is 0.497 e. The van der Waals surface area contributed by atoms with E-state index in [9.17, 15) is 18.0 Å². The number of amides is 2. The van der Waals surface area contributed by atoms with Crippen molar-refractivity contribution in [2.45, 2.75) is 37.6 Å². The average molecular weight is 518 g/mol. The zero-order valence-electron chi connectivity index (χ0n) is 21.3. The second kappa shape index (κ2) is 12.2. The molecule has 0 spiro atoms. The smallest absolute Gasteiger partial charge is 0.251 e. The maximum atomic E-state index is 13.4. The molecule has 1 N–H and O–H groups in total. The summed E-state index contributed by atoms with van der Waals surface area (Å²) in [6.45, 7) is 5.37. The number of nitrogens with zero attached hydrogens (tertiary/aromatic N) is 2. The molecule has 36 heavy (non-hydrogen) atoms. The standard InChI is InChI=1S/C26H35N3O6S/c1-5-28(6-2)26(31)24(27-25(30)20-7-9-21(34-3)10-8-20)19-15-17-29(18-16-19)36(32,33)23-13-11-22(35-4)12-14-23/h7-14,19,24H,5-6,15-18H2,1-4H3,(H,27,30). The van der Waals surface area contributed by atoms with Crippen molar-refractivity contribution in [1.82, 2.24) is 14.5 Å². The normalized spacial score (nSPS) is 15.7. The third-order valence-corrected chi connectivity index (χ3v) is 8.56. The predicted octanol–water partition coefficient (Wildman–Crippen LogP) is 2.77. The van der Waals surface area contributed by atoms with Gasteiger partial charge in [-0.2, -0.15) is 4.31 Å². The zero-order chi connectivity index (χ0) is 26.3. The Labute approximate surface area is 213 Å². The first-order chi connectivity index (χ1) is 17.2. The van der Waals surface area contributed by atoms with E-state index in [1.165, 1.54) is 23.5 Å². The summed E-state index contributed by atoms with van der Waals surface area (Å²) in [7, 11) is -0.595. The topological polar surface area (TPSA) is 105 Å². The Bertz CT molecular complexity index is 1120. The van der Waals surface area contributed by atoms with E-state index in [1.807, 2.05) is 13.8 Å². The molecular weight excluding hydrogens is 482 g/mol. The predicted molar refractivity (Wildman–Crippen MR) is 137 cm³/mol. The van der Waals surface area contributed by atoms with Crippen molar-refractivity contribution >= 4 is 21.8 Å². The van der Waals surface area contributed by atoms with Crippen LogP contribution in [0.25, 0.3) is 0 Å². The van der Waals surface area contributed by atoms with Gasteiger partial charge in [-0.25, -0.2) is 8.42 Å². The zero-order valence-corrected chi connectivity index (χ0v) is 22.1. The van der Waals surface area contributed by atoms with Crippen LogP contribution in [0, 0.1) is 5.92 Å². The summed E-state index contributed by atoms with van der Waals surface area (Å²) in [5.41, 5.74) is 0.424. The Morgan fingerprint density at radius 3 is 1.92 bits per heavy atom. The first kappa shape index (κ1) is 27.5. The molecule has 0 aliphatic carbocycles. The number of methoxy groups -OCH3 is 2. The van der Waals surface area contributed by atoms with E-state index in [0.29, 0.717) is 43.0 Å². The summed E-state index contributed by atoms with van der Waals surface area (Å²) in [5, 5.41) is 2.93. The van der Waals surface area contributed by atoms with Crippen molar-refractivity contribution in [1.29, 1.82) is 0 Å². The summed E-state index contributed by atoms with van der Waals surface area (Å²) in [5.74, 6) is 0.517. The highest BCUT2D eigenvalue weighted by Gasteiger charge is 2.37. The molecule has 0 saturated carbocycles. The summed E-state index contributed by atoms with van der Waals surface area (Å²) in [6.07, 6.45) is 0.909. The molecule has 1 atom stereocenters. The van der Waals surface area contributed by atoms with Crippen LogP contribution in [0.4, 0.5) is 0 Å². The van der Waals surface area contributed by atoms with Gasteiger partial charge in [-0.15, -0.1) is 0 Å². The van der Waals surface area contributed by atoms with Crippen LogP contribution in [0.15, 0.2) is 53.4 Å². The van der Waals surface area contributed by atoms with Gasteiger partial charge < -0.3 is 19.7 Å². The van der Waals surface area contributed by atoms with E-state index in [4.69, 9.17) is 9.47 Å². The SMILES string of the molecule is CCN(CC)C(=O)C(NC(=O)c1ccc(OC)cc1)C1CCN(S(=O)(=O)c2ccc(OC)cc2)CC1. The number of ether oxygens (including phenoxy) is 2. The molecule has 1 aliphatic rings. The van der Waals surface area contributed by atoms with Crippen molar-refractivity contribution in [3.63, 3.8) is 0 Å².